The number of hydrogen-bond acceptors (Lipinski definition) is 3. The lowest BCUT2D eigenvalue weighted by atomic mass is 10.0. The molecule has 0 aromatic heterocycles. The lowest BCUT2D eigenvalue weighted by Gasteiger charge is -2.30. The monoisotopic (exact) mass is 341 g/mol. The molecule has 0 saturated carbocycles. The van der Waals surface area contributed by atoms with E-state index in [0.29, 0.717) is 5.56 Å². The van der Waals surface area contributed by atoms with E-state index in [9.17, 15) is 9.18 Å². The number of nitrogens with zero attached hydrogens (tertiary/aromatic N) is 2. The van der Waals surface area contributed by atoms with Crippen molar-refractivity contribution in [2.75, 3.05) is 13.6 Å². The predicted octanol–water partition coefficient (Wildman–Crippen LogP) is 2.52. The zero-order valence-electron chi connectivity index (χ0n) is 11.3. The van der Waals surface area contributed by atoms with E-state index in [2.05, 4.69) is 26.5 Å². The highest BCUT2D eigenvalue weighted by molar-refractivity contribution is 9.10. The molecule has 1 N–H and O–H groups in total. The molecule has 1 heterocycles. The molecule has 0 bridgehead atoms. The van der Waals surface area contributed by atoms with Crippen LogP contribution >= 0.6 is 15.9 Å². The Hall–Kier alpha value is -1.27. The SMILES string of the molecule is CN1CCCCC1C(=O)NN=Cc1cc(Br)ccc1F. The molecule has 0 aliphatic carbocycles. The smallest absolute Gasteiger partial charge is 0.257 e. The van der Waals surface area contributed by atoms with Gasteiger partial charge in [0.25, 0.3) is 5.91 Å². The van der Waals surface area contributed by atoms with Gasteiger partial charge in [-0.05, 0) is 44.6 Å². The van der Waals surface area contributed by atoms with Crippen molar-refractivity contribution in [3.63, 3.8) is 0 Å². The molecule has 1 unspecified atom stereocenters. The van der Waals surface area contributed by atoms with Crippen molar-refractivity contribution in [3.05, 3.63) is 34.1 Å². The number of nitrogens with one attached hydrogen (secondary N) is 1. The first-order valence-corrected chi connectivity index (χ1v) is 7.35. The molecule has 1 aliphatic heterocycles. The van der Waals surface area contributed by atoms with Crippen molar-refractivity contribution in [3.8, 4) is 0 Å². The standard InChI is InChI=1S/C14H17BrFN3O/c1-19-7-3-2-4-13(19)14(20)18-17-9-10-8-11(15)5-6-12(10)16/h5-6,8-9,13H,2-4,7H2,1H3,(H,18,20). The topological polar surface area (TPSA) is 44.7 Å². The van der Waals surface area contributed by atoms with Gasteiger partial charge in [-0.3, -0.25) is 9.69 Å². The number of hydrazone groups is 1. The number of hydrogen-bond donors (Lipinski definition) is 1. The number of benzene rings is 1. The van der Waals surface area contributed by atoms with Crippen LogP contribution in [0, 0.1) is 5.82 Å². The van der Waals surface area contributed by atoms with Crippen LogP contribution in [0.4, 0.5) is 4.39 Å². The lowest BCUT2D eigenvalue weighted by molar-refractivity contribution is -0.126. The van der Waals surface area contributed by atoms with Gasteiger partial charge in [0.15, 0.2) is 0 Å². The molecule has 2 rings (SSSR count). The Labute approximate surface area is 126 Å². The van der Waals surface area contributed by atoms with Gasteiger partial charge in [0.2, 0.25) is 0 Å². The van der Waals surface area contributed by atoms with Crippen LogP contribution in [0.25, 0.3) is 0 Å². The number of carbonyl (C=O) groups excluding carboxylic acids is 1. The highest BCUT2D eigenvalue weighted by atomic mass is 79.9. The summed E-state index contributed by atoms with van der Waals surface area (Å²) in [7, 11) is 1.93. The van der Waals surface area contributed by atoms with Gasteiger partial charge in [0.05, 0.1) is 12.3 Å². The third-order valence-corrected chi connectivity index (χ3v) is 3.90. The Morgan fingerprint density at radius 1 is 1.55 bits per heavy atom. The van der Waals surface area contributed by atoms with Gasteiger partial charge in [-0.15, -0.1) is 0 Å². The van der Waals surface area contributed by atoms with Crippen LogP contribution in [-0.2, 0) is 4.79 Å². The minimum absolute atomic E-state index is 0.140. The van der Waals surface area contributed by atoms with Crippen LogP contribution in [0.3, 0.4) is 0 Å². The van der Waals surface area contributed by atoms with Crippen molar-refractivity contribution in [2.45, 2.75) is 25.3 Å². The van der Waals surface area contributed by atoms with Crippen molar-refractivity contribution < 1.29 is 9.18 Å². The number of rotatable bonds is 3. The minimum atomic E-state index is -0.374. The maximum atomic E-state index is 13.5. The summed E-state index contributed by atoms with van der Waals surface area (Å²) in [6.45, 7) is 0.919. The van der Waals surface area contributed by atoms with Crippen LogP contribution in [0.15, 0.2) is 27.8 Å². The number of carbonyl (C=O) groups is 1. The van der Waals surface area contributed by atoms with Crippen LogP contribution in [0.2, 0.25) is 0 Å². The number of piperidine rings is 1. The minimum Gasteiger partial charge on any atom is -0.295 e. The summed E-state index contributed by atoms with van der Waals surface area (Å²) in [4.78, 5) is 14.0. The largest absolute Gasteiger partial charge is 0.295 e. The van der Waals surface area contributed by atoms with Gasteiger partial charge >= 0.3 is 0 Å². The quantitative estimate of drug-likeness (QED) is 0.678. The zero-order chi connectivity index (χ0) is 14.5. The fourth-order valence-electron chi connectivity index (χ4n) is 2.26. The lowest BCUT2D eigenvalue weighted by Crippen LogP contribution is -2.46. The van der Waals surface area contributed by atoms with E-state index in [1.807, 2.05) is 11.9 Å². The fourth-order valence-corrected chi connectivity index (χ4v) is 2.64. The van der Waals surface area contributed by atoms with Crippen molar-refractivity contribution in [1.29, 1.82) is 0 Å². The Bertz CT molecular complexity index is 521. The third-order valence-electron chi connectivity index (χ3n) is 3.41. The maximum absolute atomic E-state index is 13.5. The number of likely N-dealkylation sites (tertiary alicyclic amines) is 1. The van der Waals surface area contributed by atoms with E-state index in [1.165, 1.54) is 12.3 Å². The molecule has 1 amide bonds. The summed E-state index contributed by atoms with van der Waals surface area (Å²) in [6.07, 6.45) is 4.32. The molecule has 108 valence electrons. The molecule has 1 aliphatic rings. The van der Waals surface area contributed by atoms with Gasteiger partial charge in [-0.1, -0.05) is 22.4 Å². The molecule has 1 atom stereocenters. The summed E-state index contributed by atoms with van der Waals surface area (Å²) in [5.41, 5.74) is 2.82. The normalized spacial score (nSPS) is 20.2. The van der Waals surface area contributed by atoms with Crippen molar-refractivity contribution in [2.24, 2.45) is 5.10 Å². The first-order chi connectivity index (χ1) is 9.58. The average Bonchev–Trinajstić information content (AvgIpc) is 2.43. The van der Waals surface area contributed by atoms with Gasteiger partial charge in [0, 0.05) is 10.0 Å². The molecular formula is C14H17BrFN3O. The molecular weight excluding hydrogens is 325 g/mol. The summed E-state index contributed by atoms with van der Waals surface area (Å²) < 4.78 is 14.2. The predicted molar refractivity (Wildman–Crippen MR) is 80.1 cm³/mol. The number of likely N-dealkylation sites (N-methyl/N-ethyl adjacent to an activating group) is 1. The molecule has 0 spiro atoms. The first-order valence-electron chi connectivity index (χ1n) is 6.56. The Morgan fingerprint density at radius 2 is 2.35 bits per heavy atom. The Balaban J connectivity index is 1.95. The van der Waals surface area contributed by atoms with Crippen LogP contribution in [-0.4, -0.2) is 36.7 Å². The third kappa shape index (κ3) is 3.86. The van der Waals surface area contributed by atoms with E-state index >= 15 is 0 Å². The van der Waals surface area contributed by atoms with Crippen molar-refractivity contribution >= 4 is 28.1 Å². The Morgan fingerprint density at radius 3 is 3.10 bits per heavy atom. The van der Waals surface area contributed by atoms with Crippen LogP contribution in [0.1, 0.15) is 24.8 Å². The molecule has 6 heteroatoms. The summed E-state index contributed by atoms with van der Waals surface area (Å²) in [5.74, 6) is -0.514. The summed E-state index contributed by atoms with van der Waals surface area (Å²) >= 11 is 3.27. The number of halogens is 2. The molecule has 1 saturated heterocycles. The van der Waals surface area contributed by atoms with E-state index in [4.69, 9.17) is 0 Å². The van der Waals surface area contributed by atoms with E-state index in [-0.39, 0.29) is 17.8 Å². The average molecular weight is 342 g/mol. The van der Waals surface area contributed by atoms with Crippen LogP contribution < -0.4 is 5.43 Å². The molecule has 0 radical (unpaired) electrons. The number of amides is 1. The van der Waals surface area contributed by atoms with E-state index < -0.39 is 0 Å². The van der Waals surface area contributed by atoms with Gasteiger partial charge in [-0.2, -0.15) is 5.10 Å². The second-order valence-electron chi connectivity index (χ2n) is 4.89. The second kappa shape index (κ2) is 6.95. The summed E-state index contributed by atoms with van der Waals surface area (Å²) in [6, 6.07) is 4.43. The fraction of sp³-hybridized carbons (Fsp3) is 0.429. The van der Waals surface area contributed by atoms with Gasteiger partial charge in [0.1, 0.15) is 5.82 Å². The molecule has 20 heavy (non-hydrogen) atoms. The van der Waals surface area contributed by atoms with E-state index in [1.54, 1.807) is 12.1 Å². The molecule has 1 aromatic rings. The van der Waals surface area contributed by atoms with Crippen LogP contribution in [0.5, 0.6) is 0 Å². The molecule has 1 fully saturated rings. The molecule has 4 nitrogen and oxygen atoms in total. The van der Waals surface area contributed by atoms with Gasteiger partial charge < -0.3 is 0 Å². The van der Waals surface area contributed by atoms with Gasteiger partial charge in [-0.25, -0.2) is 9.82 Å². The second-order valence-corrected chi connectivity index (χ2v) is 5.81. The zero-order valence-corrected chi connectivity index (χ0v) is 12.9. The first kappa shape index (κ1) is 15.1. The highest BCUT2D eigenvalue weighted by Gasteiger charge is 2.25. The summed E-state index contributed by atoms with van der Waals surface area (Å²) in [5, 5.41) is 3.84. The highest BCUT2D eigenvalue weighted by Crippen LogP contribution is 2.15. The van der Waals surface area contributed by atoms with E-state index in [0.717, 1.165) is 30.3 Å². The molecule has 1 aromatic carbocycles. The Kier molecular flexibility index (Phi) is 5.25. The van der Waals surface area contributed by atoms with Crippen molar-refractivity contribution in [1.82, 2.24) is 10.3 Å². The maximum Gasteiger partial charge on any atom is 0.257 e.